The number of rotatable bonds is 5. The molecule has 5 nitrogen and oxygen atoms in total. The number of carbonyl (C=O) groups excluding carboxylic acids is 1. The van der Waals surface area contributed by atoms with Crippen LogP contribution >= 0.6 is 11.6 Å². The second kappa shape index (κ2) is 6.26. The van der Waals surface area contributed by atoms with Gasteiger partial charge in [0.15, 0.2) is 0 Å². The summed E-state index contributed by atoms with van der Waals surface area (Å²) < 4.78 is 5.38. The van der Waals surface area contributed by atoms with E-state index in [9.17, 15) is 4.79 Å². The quantitative estimate of drug-likeness (QED) is 0.785. The minimum Gasteiger partial charge on any atom is -0.492 e. The molecule has 0 saturated heterocycles. The van der Waals surface area contributed by atoms with E-state index in [1.54, 1.807) is 36.5 Å². The Hall–Kier alpha value is -1.98. The molecular weight excluding hydrogens is 266 g/mol. The summed E-state index contributed by atoms with van der Waals surface area (Å²) in [4.78, 5) is 14.7. The fourth-order valence-corrected chi connectivity index (χ4v) is 1.70. The maximum atomic E-state index is 11.9. The van der Waals surface area contributed by atoms with Crippen molar-refractivity contribution in [1.29, 1.82) is 0 Å². The van der Waals surface area contributed by atoms with Gasteiger partial charge in [-0.1, -0.05) is 17.7 Å². The molecule has 0 radical (unpaired) electrons. The minimum atomic E-state index is -0.261. The van der Waals surface area contributed by atoms with Crippen molar-refractivity contribution in [2.24, 2.45) is 5.73 Å². The molecule has 2 aromatic rings. The van der Waals surface area contributed by atoms with Gasteiger partial charge in [-0.15, -0.1) is 0 Å². The van der Waals surface area contributed by atoms with E-state index in [2.05, 4.69) is 10.3 Å². The average molecular weight is 280 g/mol. The van der Waals surface area contributed by atoms with Gasteiger partial charge in [0.25, 0.3) is 5.91 Å². The smallest absolute Gasteiger partial charge is 0.272 e. The van der Waals surface area contributed by atoms with Crippen molar-refractivity contribution >= 4 is 23.2 Å². The number of hydrogen-bond acceptors (Lipinski definition) is 3. The van der Waals surface area contributed by atoms with Gasteiger partial charge in [0.2, 0.25) is 0 Å². The van der Waals surface area contributed by atoms with E-state index >= 15 is 0 Å². The molecule has 0 aliphatic rings. The molecule has 6 heteroatoms. The summed E-state index contributed by atoms with van der Waals surface area (Å²) in [5.41, 5.74) is 6.41. The lowest BCUT2D eigenvalue weighted by Gasteiger charge is -2.07. The molecule has 0 aliphatic heterocycles. The van der Waals surface area contributed by atoms with Crippen LogP contribution in [0, 0.1) is 0 Å². The van der Waals surface area contributed by atoms with E-state index in [-0.39, 0.29) is 5.91 Å². The van der Waals surface area contributed by atoms with Crippen LogP contribution in [-0.4, -0.2) is 24.0 Å². The van der Waals surface area contributed by atoms with Crippen molar-refractivity contribution < 1.29 is 9.53 Å². The van der Waals surface area contributed by atoms with Crippen LogP contribution in [-0.2, 0) is 0 Å². The fourth-order valence-electron chi connectivity index (χ4n) is 1.54. The molecule has 4 N–H and O–H groups in total. The van der Waals surface area contributed by atoms with Crippen LogP contribution in [0.4, 0.5) is 5.69 Å². The number of aromatic nitrogens is 1. The number of carbonyl (C=O) groups is 1. The van der Waals surface area contributed by atoms with Gasteiger partial charge >= 0.3 is 0 Å². The van der Waals surface area contributed by atoms with Gasteiger partial charge in [0.1, 0.15) is 18.1 Å². The summed E-state index contributed by atoms with van der Waals surface area (Å²) in [5, 5.41) is 3.24. The SMILES string of the molecule is NCCOc1cccc(NC(=O)c2cc(Cl)c[nH]2)c1. The Bertz CT molecular complexity index is 569. The third-order valence-electron chi connectivity index (χ3n) is 2.37. The molecule has 1 heterocycles. The number of ether oxygens (including phenoxy) is 1. The number of benzene rings is 1. The van der Waals surface area contributed by atoms with Crippen LogP contribution in [0.25, 0.3) is 0 Å². The van der Waals surface area contributed by atoms with E-state index < -0.39 is 0 Å². The van der Waals surface area contributed by atoms with Crippen molar-refractivity contribution in [3.8, 4) is 5.75 Å². The molecule has 0 aliphatic carbocycles. The summed E-state index contributed by atoms with van der Waals surface area (Å²) >= 11 is 5.75. The molecule has 1 aromatic carbocycles. The summed E-state index contributed by atoms with van der Waals surface area (Å²) in [5.74, 6) is 0.399. The fraction of sp³-hybridized carbons (Fsp3) is 0.154. The predicted molar refractivity (Wildman–Crippen MR) is 74.7 cm³/mol. The zero-order chi connectivity index (χ0) is 13.7. The Morgan fingerprint density at radius 2 is 2.26 bits per heavy atom. The van der Waals surface area contributed by atoms with Gasteiger partial charge in [-0.25, -0.2) is 0 Å². The average Bonchev–Trinajstić information content (AvgIpc) is 2.83. The van der Waals surface area contributed by atoms with Crippen LogP contribution in [0.1, 0.15) is 10.5 Å². The number of hydrogen-bond donors (Lipinski definition) is 3. The molecule has 0 fully saturated rings. The van der Waals surface area contributed by atoms with Crippen molar-refractivity contribution in [2.75, 3.05) is 18.5 Å². The summed E-state index contributed by atoms with van der Waals surface area (Å²) in [7, 11) is 0. The Labute approximate surface area is 115 Å². The molecular formula is C13H14ClN3O2. The molecule has 1 amide bonds. The van der Waals surface area contributed by atoms with Gasteiger partial charge in [-0.3, -0.25) is 4.79 Å². The number of halogens is 1. The highest BCUT2D eigenvalue weighted by molar-refractivity contribution is 6.31. The van der Waals surface area contributed by atoms with Gasteiger partial charge in [-0.2, -0.15) is 0 Å². The molecule has 0 spiro atoms. The van der Waals surface area contributed by atoms with Gasteiger partial charge in [-0.05, 0) is 18.2 Å². The minimum absolute atomic E-state index is 0.261. The Morgan fingerprint density at radius 3 is 2.95 bits per heavy atom. The Kier molecular flexibility index (Phi) is 4.43. The van der Waals surface area contributed by atoms with E-state index in [1.165, 1.54) is 0 Å². The Balaban J connectivity index is 2.04. The molecule has 1 aromatic heterocycles. The lowest BCUT2D eigenvalue weighted by Crippen LogP contribution is -2.13. The second-order valence-corrected chi connectivity index (χ2v) is 4.29. The maximum Gasteiger partial charge on any atom is 0.272 e. The predicted octanol–water partition coefficient (Wildman–Crippen LogP) is 2.26. The number of amides is 1. The van der Waals surface area contributed by atoms with Crippen LogP contribution in [0.3, 0.4) is 0 Å². The maximum absolute atomic E-state index is 11.9. The van der Waals surface area contributed by atoms with Gasteiger partial charge in [0.05, 0.1) is 5.02 Å². The van der Waals surface area contributed by atoms with Crippen LogP contribution in [0.2, 0.25) is 5.02 Å². The van der Waals surface area contributed by atoms with E-state index in [0.29, 0.717) is 35.3 Å². The second-order valence-electron chi connectivity index (χ2n) is 3.85. The lowest BCUT2D eigenvalue weighted by atomic mass is 10.3. The first-order valence-corrected chi connectivity index (χ1v) is 6.15. The lowest BCUT2D eigenvalue weighted by molar-refractivity contribution is 0.102. The first kappa shape index (κ1) is 13.5. The Morgan fingerprint density at radius 1 is 1.42 bits per heavy atom. The van der Waals surface area contributed by atoms with Gasteiger partial charge in [0, 0.05) is 24.5 Å². The normalized spacial score (nSPS) is 10.2. The zero-order valence-electron chi connectivity index (χ0n) is 10.2. The van der Waals surface area contributed by atoms with Gasteiger partial charge < -0.3 is 20.8 Å². The molecule has 0 atom stereocenters. The highest BCUT2D eigenvalue weighted by Crippen LogP contribution is 2.18. The summed E-state index contributed by atoms with van der Waals surface area (Å²) in [6.45, 7) is 0.876. The first-order chi connectivity index (χ1) is 9.19. The van der Waals surface area contributed by atoms with Crippen LogP contribution in [0.15, 0.2) is 36.5 Å². The molecule has 0 saturated carbocycles. The number of nitrogens with two attached hydrogens (primary N) is 1. The van der Waals surface area contributed by atoms with E-state index in [0.717, 1.165) is 0 Å². The third kappa shape index (κ3) is 3.74. The van der Waals surface area contributed by atoms with E-state index in [4.69, 9.17) is 22.1 Å². The zero-order valence-corrected chi connectivity index (χ0v) is 10.9. The first-order valence-electron chi connectivity index (χ1n) is 5.77. The number of anilines is 1. The number of aromatic amines is 1. The molecule has 2 rings (SSSR count). The number of nitrogens with one attached hydrogen (secondary N) is 2. The van der Waals surface area contributed by atoms with Crippen molar-refractivity contribution in [1.82, 2.24) is 4.98 Å². The van der Waals surface area contributed by atoms with E-state index in [1.807, 2.05) is 0 Å². The highest BCUT2D eigenvalue weighted by atomic mass is 35.5. The molecule has 100 valence electrons. The molecule has 0 bridgehead atoms. The van der Waals surface area contributed by atoms with Crippen LogP contribution < -0.4 is 15.8 Å². The van der Waals surface area contributed by atoms with Crippen molar-refractivity contribution in [3.63, 3.8) is 0 Å². The topological polar surface area (TPSA) is 80.1 Å². The standard InChI is InChI=1S/C13H14ClN3O2/c14-9-6-12(16-8-9)13(18)17-10-2-1-3-11(7-10)19-5-4-15/h1-3,6-8,16H,4-5,15H2,(H,17,18). The summed E-state index contributed by atoms with van der Waals surface area (Å²) in [6.07, 6.45) is 1.55. The molecule has 0 unspecified atom stereocenters. The number of H-pyrrole nitrogens is 1. The molecule has 19 heavy (non-hydrogen) atoms. The highest BCUT2D eigenvalue weighted by Gasteiger charge is 2.08. The van der Waals surface area contributed by atoms with Crippen molar-refractivity contribution in [3.05, 3.63) is 47.2 Å². The van der Waals surface area contributed by atoms with Crippen molar-refractivity contribution in [2.45, 2.75) is 0 Å². The van der Waals surface area contributed by atoms with Crippen LogP contribution in [0.5, 0.6) is 5.75 Å². The third-order valence-corrected chi connectivity index (χ3v) is 2.59. The summed E-state index contributed by atoms with van der Waals surface area (Å²) in [6, 6.07) is 8.67. The largest absolute Gasteiger partial charge is 0.492 e. The monoisotopic (exact) mass is 279 g/mol.